The standard InChI is InChI=1S/C24H28ClN7O4S/c1-14(2)31-8-5-15(6-9-31)27-23(34)18-12-17(22(33)28-24-26-7-10-35-24)29-32(18)13-16-11-19(36-30-16)20-3-4-21(25)37-20/h3-4,11-12,14-15H,5-10,13H2,1-2H3,(H,27,34)(H,26,28,33). The molecule has 0 unspecified atom stereocenters. The number of nitrogens with zero attached hydrogens (tertiary/aromatic N) is 5. The van der Waals surface area contributed by atoms with E-state index < -0.39 is 5.91 Å². The fourth-order valence-electron chi connectivity index (χ4n) is 4.33. The van der Waals surface area contributed by atoms with Gasteiger partial charge in [-0.1, -0.05) is 16.8 Å². The molecule has 0 saturated carbocycles. The molecule has 2 aliphatic heterocycles. The molecule has 5 heterocycles. The maximum atomic E-state index is 13.3. The molecule has 2 N–H and O–H groups in total. The molecule has 1 fully saturated rings. The maximum absolute atomic E-state index is 13.3. The summed E-state index contributed by atoms with van der Waals surface area (Å²) in [6, 6.07) is 7.56. The first-order valence-corrected chi connectivity index (χ1v) is 13.4. The van der Waals surface area contributed by atoms with Gasteiger partial charge in [0.05, 0.1) is 22.3 Å². The van der Waals surface area contributed by atoms with Crippen molar-refractivity contribution in [3.05, 3.63) is 45.7 Å². The average Bonchev–Trinajstić information content (AvgIpc) is 3.67. The van der Waals surface area contributed by atoms with E-state index in [4.69, 9.17) is 20.9 Å². The Hall–Kier alpha value is -3.22. The van der Waals surface area contributed by atoms with E-state index in [1.807, 2.05) is 6.07 Å². The molecule has 5 rings (SSSR count). The lowest BCUT2D eigenvalue weighted by atomic mass is 10.0. The molecule has 13 heteroatoms. The van der Waals surface area contributed by atoms with Gasteiger partial charge < -0.3 is 19.5 Å². The van der Waals surface area contributed by atoms with E-state index in [9.17, 15) is 9.59 Å². The summed E-state index contributed by atoms with van der Waals surface area (Å²) in [4.78, 5) is 33.4. The summed E-state index contributed by atoms with van der Waals surface area (Å²) < 4.78 is 12.9. The van der Waals surface area contributed by atoms with Crippen molar-refractivity contribution in [2.75, 3.05) is 26.2 Å². The molecule has 196 valence electrons. The third-order valence-corrected chi connectivity index (χ3v) is 7.58. The van der Waals surface area contributed by atoms with Crippen LogP contribution in [-0.4, -0.2) is 76.0 Å². The van der Waals surface area contributed by atoms with Crippen molar-refractivity contribution in [3.63, 3.8) is 0 Å². The van der Waals surface area contributed by atoms with E-state index >= 15 is 0 Å². The number of hydrogen-bond acceptors (Lipinski definition) is 9. The summed E-state index contributed by atoms with van der Waals surface area (Å²) in [5.74, 6) is -0.234. The van der Waals surface area contributed by atoms with Crippen LogP contribution in [0.5, 0.6) is 0 Å². The van der Waals surface area contributed by atoms with Crippen LogP contribution in [0.2, 0.25) is 4.34 Å². The minimum Gasteiger partial charge on any atom is -0.463 e. The zero-order valence-electron chi connectivity index (χ0n) is 20.6. The van der Waals surface area contributed by atoms with Crippen LogP contribution >= 0.6 is 22.9 Å². The van der Waals surface area contributed by atoms with Gasteiger partial charge in [-0.15, -0.1) is 11.3 Å². The SMILES string of the molecule is CC(C)N1CCC(NC(=O)c2cc(C(=O)NC3=NCCO3)nn2Cc2cc(-c3ccc(Cl)s3)on2)CC1. The van der Waals surface area contributed by atoms with E-state index in [2.05, 4.69) is 44.6 Å². The summed E-state index contributed by atoms with van der Waals surface area (Å²) in [5, 5.41) is 14.2. The molecule has 0 aliphatic carbocycles. The molecular weight excluding hydrogens is 518 g/mol. The molecule has 3 aromatic rings. The second kappa shape index (κ2) is 11.0. The highest BCUT2D eigenvalue weighted by molar-refractivity contribution is 7.19. The molecule has 2 amide bonds. The van der Waals surface area contributed by atoms with Gasteiger partial charge in [-0.25, -0.2) is 4.99 Å². The highest BCUT2D eigenvalue weighted by atomic mass is 35.5. The number of amidine groups is 1. The van der Waals surface area contributed by atoms with Gasteiger partial charge in [-0.3, -0.25) is 19.6 Å². The first kappa shape index (κ1) is 25.4. The van der Waals surface area contributed by atoms with Gasteiger partial charge in [0, 0.05) is 37.3 Å². The smallest absolute Gasteiger partial charge is 0.291 e. The van der Waals surface area contributed by atoms with E-state index in [-0.39, 0.29) is 35.9 Å². The minimum absolute atomic E-state index is 0.0478. The predicted molar refractivity (Wildman–Crippen MR) is 139 cm³/mol. The lowest BCUT2D eigenvalue weighted by molar-refractivity contribution is 0.0889. The van der Waals surface area contributed by atoms with E-state index in [0.717, 1.165) is 30.8 Å². The molecule has 0 radical (unpaired) electrons. The van der Waals surface area contributed by atoms with Crippen molar-refractivity contribution in [1.29, 1.82) is 0 Å². The number of rotatable bonds is 7. The van der Waals surface area contributed by atoms with Gasteiger partial charge in [0.2, 0.25) is 0 Å². The molecule has 3 aromatic heterocycles. The molecule has 11 nitrogen and oxygen atoms in total. The average molecular weight is 546 g/mol. The monoisotopic (exact) mass is 545 g/mol. The first-order chi connectivity index (χ1) is 17.9. The normalized spacial score (nSPS) is 16.6. The third-order valence-electron chi connectivity index (χ3n) is 6.33. The first-order valence-electron chi connectivity index (χ1n) is 12.2. The summed E-state index contributed by atoms with van der Waals surface area (Å²) in [5.41, 5.74) is 0.888. The van der Waals surface area contributed by atoms with Crippen LogP contribution in [0.3, 0.4) is 0 Å². The van der Waals surface area contributed by atoms with Crippen LogP contribution in [0.1, 0.15) is 53.4 Å². The molecule has 0 atom stereocenters. The van der Waals surface area contributed by atoms with Crippen molar-refractivity contribution >= 4 is 40.8 Å². The van der Waals surface area contributed by atoms with Crippen LogP contribution < -0.4 is 10.6 Å². The second-order valence-corrected chi connectivity index (χ2v) is 10.9. The number of amides is 2. The van der Waals surface area contributed by atoms with Gasteiger partial charge in [-0.05, 0) is 38.8 Å². The van der Waals surface area contributed by atoms with E-state index in [0.29, 0.717) is 35.0 Å². The zero-order chi connectivity index (χ0) is 25.9. The number of carbonyl (C=O) groups excluding carboxylic acids is 2. The Balaban J connectivity index is 1.34. The number of thiophene rings is 1. The number of nitrogens with one attached hydrogen (secondary N) is 2. The Labute approximate surface area is 222 Å². The van der Waals surface area contributed by atoms with Crippen LogP contribution in [0.25, 0.3) is 10.6 Å². The number of hydrogen-bond donors (Lipinski definition) is 2. The predicted octanol–water partition coefficient (Wildman–Crippen LogP) is 3.02. The molecule has 0 aromatic carbocycles. The molecule has 1 saturated heterocycles. The maximum Gasteiger partial charge on any atom is 0.291 e. The lowest BCUT2D eigenvalue weighted by Gasteiger charge is -2.34. The molecule has 0 spiro atoms. The van der Waals surface area contributed by atoms with Crippen molar-refractivity contribution in [2.24, 2.45) is 4.99 Å². The zero-order valence-corrected chi connectivity index (χ0v) is 22.1. The van der Waals surface area contributed by atoms with Gasteiger partial charge in [0.15, 0.2) is 11.5 Å². The Morgan fingerprint density at radius 2 is 2.03 bits per heavy atom. The number of halogens is 1. The third kappa shape index (κ3) is 6.03. The number of likely N-dealkylation sites (tertiary alicyclic amines) is 1. The lowest BCUT2D eigenvalue weighted by Crippen LogP contribution is -2.46. The van der Waals surface area contributed by atoms with Crippen molar-refractivity contribution in [2.45, 2.75) is 45.3 Å². The second-order valence-electron chi connectivity index (χ2n) is 9.23. The quantitative estimate of drug-likeness (QED) is 0.467. The van der Waals surface area contributed by atoms with Gasteiger partial charge in [0.1, 0.15) is 18.0 Å². The van der Waals surface area contributed by atoms with Crippen LogP contribution in [0.15, 0.2) is 33.8 Å². The number of ether oxygens (including phenoxy) is 1. The van der Waals surface area contributed by atoms with Crippen LogP contribution in [0, 0.1) is 0 Å². The van der Waals surface area contributed by atoms with Crippen molar-refractivity contribution < 1.29 is 18.8 Å². The molecule has 0 bridgehead atoms. The number of aromatic nitrogens is 3. The van der Waals surface area contributed by atoms with Gasteiger partial charge >= 0.3 is 0 Å². The highest BCUT2D eigenvalue weighted by Gasteiger charge is 2.26. The van der Waals surface area contributed by atoms with Gasteiger partial charge in [0.25, 0.3) is 17.8 Å². The Kier molecular flexibility index (Phi) is 7.58. The van der Waals surface area contributed by atoms with Crippen LogP contribution in [0.4, 0.5) is 0 Å². The fourth-order valence-corrected chi connectivity index (χ4v) is 5.32. The number of carbonyl (C=O) groups is 2. The molecule has 2 aliphatic rings. The molecule has 37 heavy (non-hydrogen) atoms. The fraction of sp³-hybridized carbons (Fsp3) is 0.458. The summed E-state index contributed by atoms with van der Waals surface area (Å²) in [7, 11) is 0. The summed E-state index contributed by atoms with van der Waals surface area (Å²) in [6.45, 7) is 7.23. The van der Waals surface area contributed by atoms with Gasteiger partial charge in [-0.2, -0.15) is 5.10 Å². The van der Waals surface area contributed by atoms with Crippen LogP contribution in [-0.2, 0) is 11.3 Å². The Morgan fingerprint density at radius 3 is 2.70 bits per heavy atom. The summed E-state index contributed by atoms with van der Waals surface area (Å²) >= 11 is 7.42. The van der Waals surface area contributed by atoms with E-state index in [1.54, 1.807) is 12.1 Å². The topological polar surface area (TPSA) is 127 Å². The Bertz CT molecular complexity index is 1310. The Morgan fingerprint density at radius 1 is 1.22 bits per heavy atom. The largest absolute Gasteiger partial charge is 0.463 e. The summed E-state index contributed by atoms with van der Waals surface area (Å²) in [6.07, 6.45) is 1.72. The minimum atomic E-state index is -0.507. The highest BCUT2D eigenvalue weighted by Crippen LogP contribution is 2.31. The number of piperidine rings is 1. The van der Waals surface area contributed by atoms with Crippen molar-refractivity contribution in [3.8, 4) is 10.6 Å². The molecular formula is C24H28ClN7O4S. The number of aliphatic imine (C=N–C) groups is 1. The van der Waals surface area contributed by atoms with E-state index in [1.165, 1.54) is 22.1 Å². The van der Waals surface area contributed by atoms with Crippen molar-refractivity contribution in [1.82, 2.24) is 30.5 Å².